The number of nitrogens with zero attached hydrogens (tertiary/aromatic N) is 2. The summed E-state index contributed by atoms with van der Waals surface area (Å²) in [6.07, 6.45) is 2.35. The monoisotopic (exact) mass is 684 g/mol. The molecule has 0 radical (unpaired) electrons. The van der Waals surface area contributed by atoms with E-state index in [1.807, 2.05) is 0 Å². The minimum absolute atomic E-state index is 0.0204. The van der Waals surface area contributed by atoms with Crippen LogP contribution in [0.4, 0.5) is 0 Å². The van der Waals surface area contributed by atoms with Crippen molar-refractivity contribution in [1.82, 2.24) is 9.13 Å². The fourth-order valence-corrected chi connectivity index (χ4v) is 10.6. The number of aromatic nitrogens is 2. The largest absolute Gasteiger partial charge is 0.307 e. The van der Waals surface area contributed by atoms with Gasteiger partial charge in [-0.05, 0) is 104 Å². The molecule has 2 heterocycles. The molecular formula is C51H44N2. The first-order valence-electron chi connectivity index (χ1n) is 19.3. The van der Waals surface area contributed by atoms with E-state index in [4.69, 9.17) is 0 Å². The average molecular weight is 685 g/mol. The fraction of sp³-hybridized carbons (Fsp3) is 0.216. The van der Waals surface area contributed by atoms with Crippen LogP contribution in [0, 0.1) is 0 Å². The van der Waals surface area contributed by atoms with Crippen molar-refractivity contribution in [2.75, 3.05) is 0 Å². The molecule has 53 heavy (non-hydrogen) atoms. The van der Waals surface area contributed by atoms with Crippen LogP contribution in [0.3, 0.4) is 0 Å². The van der Waals surface area contributed by atoms with E-state index in [1.165, 1.54) is 106 Å². The molecule has 0 saturated heterocycles. The van der Waals surface area contributed by atoms with Gasteiger partial charge in [-0.25, -0.2) is 0 Å². The lowest BCUT2D eigenvalue weighted by Crippen LogP contribution is -2.34. The van der Waals surface area contributed by atoms with E-state index in [-0.39, 0.29) is 16.2 Å². The summed E-state index contributed by atoms with van der Waals surface area (Å²) in [5.74, 6) is 0. The summed E-state index contributed by atoms with van der Waals surface area (Å²) in [4.78, 5) is 0. The molecule has 11 rings (SSSR count). The highest BCUT2D eigenvalue weighted by Crippen LogP contribution is 2.55. The standard InChI is InChI=1S/C51H44N2/c1-49(2)28-29-50(3,4)46-40(49)26-27-42-45(46)44-35-20-11-10-19-34(35)43-36-21-13-15-23-41(36)52(31-16-8-7-9-17-31)47(43)48(44)53(42)32-24-25-39-37(30-32)33-18-12-14-22-38(33)51(39,5)6/h7-27,30H,28-29H2,1-6H3. The summed E-state index contributed by atoms with van der Waals surface area (Å²) in [5, 5.41) is 8.03. The quantitative estimate of drug-likeness (QED) is 0.172. The van der Waals surface area contributed by atoms with Crippen molar-refractivity contribution >= 4 is 54.4 Å². The molecule has 0 spiro atoms. The maximum atomic E-state index is 2.64. The van der Waals surface area contributed by atoms with Crippen molar-refractivity contribution in [3.63, 3.8) is 0 Å². The zero-order valence-electron chi connectivity index (χ0n) is 31.5. The van der Waals surface area contributed by atoms with Gasteiger partial charge in [-0.2, -0.15) is 0 Å². The van der Waals surface area contributed by atoms with Crippen LogP contribution in [0.25, 0.3) is 76.9 Å². The van der Waals surface area contributed by atoms with E-state index in [0.717, 1.165) is 6.42 Å². The molecule has 2 aliphatic rings. The van der Waals surface area contributed by atoms with Crippen molar-refractivity contribution in [3.05, 3.63) is 156 Å². The van der Waals surface area contributed by atoms with Gasteiger partial charge in [-0.15, -0.1) is 0 Å². The van der Waals surface area contributed by atoms with Gasteiger partial charge >= 0.3 is 0 Å². The Bertz CT molecular complexity index is 3020. The summed E-state index contributed by atoms with van der Waals surface area (Å²) >= 11 is 0. The minimum atomic E-state index is -0.0524. The Hall–Kier alpha value is -5.60. The predicted octanol–water partition coefficient (Wildman–Crippen LogP) is 13.7. The Morgan fingerprint density at radius 1 is 0.415 bits per heavy atom. The summed E-state index contributed by atoms with van der Waals surface area (Å²) in [5.41, 5.74) is 16.1. The summed E-state index contributed by atoms with van der Waals surface area (Å²) in [6.45, 7) is 14.6. The second kappa shape index (κ2) is 10.3. The maximum absolute atomic E-state index is 2.64. The molecule has 0 atom stereocenters. The molecule has 0 amide bonds. The number of benzene rings is 7. The predicted molar refractivity (Wildman–Crippen MR) is 225 cm³/mol. The first kappa shape index (κ1) is 31.0. The molecule has 7 aromatic carbocycles. The van der Waals surface area contributed by atoms with E-state index in [1.54, 1.807) is 0 Å². The number of hydrogen-bond donors (Lipinski definition) is 0. The lowest BCUT2D eigenvalue weighted by Gasteiger charge is -2.42. The van der Waals surface area contributed by atoms with Crippen molar-refractivity contribution in [3.8, 4) is 22.5 Å². The van der Waals surface area contributed by atoms with Gasteiger partial charge in [0.1, 0.15) is 0 Å². The van der Waals surface area contributed by atoms with E-state index in [9.17, 15) is 0 Å². The van der Waals surface area contributed by atoms with Crippen LogP contribution in [0.15, 0.2) is 133 Å². The summed E-state index contributed by atoms with van der Waals surface area (Å²) < 4.78 is 5.19. The molecule has 0 aliphatic heterocycles. The van der Waals surface area contributed by atoms with Gasteiger partial charge in [0, 0.05) is 38.3 Å². The maximum Gasteiger partial charge on any atom is 0.0795 e. The Kier molecular flexibility index (Phi) is 6.01. The first-order chi connectivity index (χ1) is 25.6. The molecule has 0 fully saturated rings. The average Bonchev–Trinajstić information content (AvgIpc) is 3.78. The minimum Gasteiger partial charge on any atom is -0.307 e. The molecular weight excluding hydrogens is 641 g/mol. The Morgan fingerprint density at radius 3 is 1.79 bits per heavy atom. The molecule has 0 saturated carbocycles. The molecule has 2 aromatic heterocycles. The van der Waals surface area contributed by atoms with Crippen LogP contribution in [0.5, 0.6) is 0 Å². The van der Waals surface area contributed by atoms with E-state index in [0.29, 0.717) is 0 Å². The van der Waals surface area contributed by atoms with Crippen molar-refractivity contribution < 1.29 is 0 Å². The third kappa shape index (κ3) is 3.94. The van der Waals surface area contributed by atoms with E-state index >= 15 is 0 Å². The number of hydrogen-bond acceptors (Lipinski definition) is 0. The van der Waals surface area contributed by atoms with Crippen LogP contribution in [-0.4, -0.2) is 9.13 Å². The molecule has 258 valence electrons. The fourth-order valence-electron chi connectivity index (χ4n) is 10.6. The van der Waals surface area contributed by atoms with Gasteiger partial charge in [0.15, 0.2) is 0 Å². The molecule has 0 bridgehead atoms. The van der Waals surface area contributed by atoms with Gasteiger partial charge in [0.25, 0.3) is 0 Å². The third-order valence-corrected chi connectivity index (χ3v) is 13.3. The van der Waals surface area contributed by atoms with Gasteiger partial charge in [0.2, 0.25) is 0 Å². The molecule has 0 unspecified atom stereocenters. The first-order valence-corrected chi connectivity index (χ1v) is 19.3. The number of para-hydroxylation sites is 2. The van der Waals surface area contributed by atoms with E-state index in [2.05, 4.69) is 184 Å². The third-order valence-electron chi connectivity index (χ3n) is 13.3. The van der Waals surface area contributed by atoms with Crippen LogP contribution in [0.2, 0.25) is 0 Å². The van der Waals surface area contributed by atoms with Crippen LogP contribution < -0.4 is 0 Å². The SMILES string of the molecule is CC1(C)CCC(C)(C)c2c1ccc1c2c2c3ccccc3c3c4ccccc4n(-c4ccccc4)c3c2n1-c1ccc2c(c1)-c1ccccc1C2(C)C. The topological polar surface area (TPSA) is 9.86 Å². The smallest absolute Gasteiger partial charge is 0.0795 e. The molecule has 2 heteroatoms. The van der Waals surface area contributed by atoms with Crippen LogP contribution in [0.1, 0.15) is 76.6 Å². The zero-order chi connectivity index (χ0) is 36.0. The van der Waals surface area contributed by atoms with Gasteiger partial charge in [0.05, 0.1) is 22.1 Å². The van der Waals surface area contributed by atoms with Crippen molar-refractivity contribution in [2.24, 2.45) is 0 Å². The van der Waals surface area contributed by atoms with Crippen molar-refractivity contribution in [2.45, 2.75) is 70.6 Å². The van der Waals surface area contributed by atoms with Crippen LogP contribution in [-0.2, 0) is 16.2 Å². The second-order valence-electron chi connectivity index (χ2n) is 17.6. The highest BCUT2D eigenvalue weighted by atomic mass is 15.0. The normalized spacial score (nSPS) is 16.8. The zero-order valence-corrected chi connectivity index (χ0v) is 31.5. The highest BCUT2D eigenvalue weighted by Gasteiger charge is 2.41. The van der Waals surface area contributed by atoms with Crippen LogP contribution >= 0.6 is 0 Å². The lowest BCUT2D eigenvalue weighted by atomic mass is 9.62. The highest BCUT2D eigenvalue weighted by molar-refractivity contribution is 6.37. The molecule has 9 aromatic rings. The molecule has 0 N–H and O–H groups in total. The number of rotatable bonds is 2. The van der Waals surface area contributed by atoms with Gasteiger partial charge in [-0.3, -0.25) is 0 Å². The summed E-state index contributed by atoms with van der Waals surface area (Å²) in [6, 6.07) is 50.5. The van der Waals surface area contributed by atoms with Gasteiger partial charge < -0.3 is 9.13 Å². The van der Waals surface area contributed by atoms with E-state index < -0.39 is 0 Å². The Balaban J connectivity index is 1.43. The lowest BCUT2D eigenvalue weighted by molar-refractivity contribution is 0.334. The molecule has 2 nitrogen and oxygen atoms in total. The second-order valence-corrected chi connectivity index (χ2v) is 17.6. The van der Waals surface area contributed by atoms with Crippen molar-refractivity contribution in [1.29, 1.82) is 0 Å². The molecule has 2 aliphatic carbocycles. The Labute approximate surface area is 311 Å². The Morgan fingerprint density at radius 2 is 1.00 bits per heavy atom. The number of fused-ring (bicyclic) bond motifs is 15. The summed E-state index contributed by atoms with van der Waals surface area (Å²) in [7, 11) is 0. The van der Waals surface area contributed by atoms with Gasteiger partial charge in [-0.1, -0.05) is 139 Å².